The van der Waals surface area contributed by atoms with Crippen LogP contribution in [-0.2, 0) is 4.79 Å². The first-order valence-corrected chi connectivity index (χ1v) is 10.6. The van der Waals surface area contributed by atoms with Crippen molar-refractivity contribution in [1.29, 1.82) is 0 Å². The molecular weight excluding hydrogens is 451 g/mol. The number of amides is 1. The van der Waals surface area contributed by atoms with Crippen LogP contribution in [0.4, 0.5) is 5.69 Å². The number of hydrogen-bond acceptors (Lipinski definition) is 4. The number of nitrogens with zero attached hydrogens (tertiary/aromatic N) is 1. The van der Waals surface area contributed by atoms with Crippen LogP contribution in [0.2, 0.25) is 15.1 Å². The molecule has 0 saturated heterocycles. The zero-order valence-corrected chi connectivity index (χ0v) is 17.9. The van der Waals surface area contributed by atoms with Gasteiger partial charge in [-0.3, -0.25) is 4.79 Å². The molecule has 1 N–H and O–H groups in total. The van der Waals surface area contributed by atoms with Crippen LogP contribution in [0.1, 0.15) is 0 Å². The van der Waals surface area contributed by atoms with E-state index in [0.29, 0.717) is 43.3 Å². The van der Waals surface area contributed by atoms with Gasteiger partial charge in [-0.15, -0.1) is 11.8 Å². The fourth-order valence-electron chi connectivity index (χ4n) is 2.66. The molecule has 0 spiro atoms. The smallest absolute Gasteiger partial charge is 0.234 e. The Bertz CT molecular complexity index is 1190. The second-order valence-corrected chi connectivity index (χ2v) is 8.45. The number of rotatable bonds is 5. The minimum Gasteiger partial charge on any atom is -0.436 e. The third-order valence-corrected chi connectivity index (χ3v) is 5.84. The molecule has 4 nitrogen and oxygen atoms in total. The molecule has 0 aliphatic rings. The molecule has 0 aliphatic carbocycles. The summed E-state index contributed by atoms with van der Waals surface area (Å²) in [6.07, 6.45) is 0. The van der Waals surface area contributed by atoms with E-state index in [1.54, 1.807) is 48.5 Å². The van der Waals surface area contributed by atoms with Gasteiger partial charge in [0.2, 0.25) is 11.8 Å². The van der Waals surface area contributed by atoms with Crippen LogP contribution in [0.25, 0.3) is 22.6 Å². The van der Waals surface area contributed by atoms with Crippen LogP contribution >= 0.6 is 46.6 Å². The Morgan fingerprint density at radius 2 is 1.72 bits per heavy atom. The van der Waals surface area contributed by atoms with Gasteiger partial charge in [0.25, 0.3) is 0 Å². The van der Waals surface area contributed by atoms with Crippen molar-refractivity contribution in [3.63, 3.8) is 0 Å². The minimum absolute atomic E-state index is 0.120. The van der Waals surface area contributed by atoms with E-state index in [9.17, 15) is 4.79 Å². The topological polar surface area (TPSA) is 55.1 Å². The molecule has 8 heteroatoms. The third kappa shape index (κ3) is 4.87. The Morgan fingerprint density at radius 3 is 2.52 bits per heavy atom. The summed E-state index contributed by atoms with van der Waals surface area (Å²) in [6, 6.07) is 17.7. The molecule has 0 saturated carbocycles. The maximum atomic E-state index is 12.3. The van der Waals surface area contributed by atoms with Crippen molar-refractivity contribution in [1.82, 2.24) is 4.98 Å². The second kappa shape index (κ2) is 8.67. The van der Waals surface area contributed by atoms with E-state index in [1.807, 2.05) is 12.1 Å². The fraction of sp³-hybridized carbons (Fsp3) is 0.0476. The molecule has 0 atom stereocenters. The Labute approximate surface area is 186 Å². The number of carbonyl (C=O) groups is 1. The third-order valence-electron chi connectivity index (χ3n) is 4.01. The molecule has 0 radical (unpaired) electrons. The molecule has 0 unspecified atom stereocenters. The van der Waals surface area contributed by atoms with Gasteiger partial charge in [0.05, 0.1) is 16.3 Å². The van der Waals surface area contributed by atoms with E-state index in [1.165, 1.54) is 11.8 Å². The summed E-state index contributed by atoms with van der Waals surface area (Å²) in [5, 5.41) is 4.57. The van der Waals surface area contributed by atoms with Crippen molar-refractivity contribution in [2.45, 2.75) is 4.90 Å². The normalized spacial score (nSPS) is 11.0. The number of thioether (sulfide) groups is 1. The predicted molar refractivity (Wildman–Crippen MR) is 120 cm³/mol. The van der Waals surface area contributed by atoms with Gasteiger partial charge in [-0.1, -0.05) is 34.8 Å². The van der Waals surface area contributed by atoms with E-state index in [4.69, 9.17) is 39.2 Å². The van der Waals surface area contributed by atoms with Gasteiger partial charge in [-0.25, -0.2) is 4.98 Å². The van der Waals surface area contributed by atoms with Gasteiger partial charge in [0.1, 0.15) is 5.52 Å². The first-order chi connectivity index (χ1) is 14.0. The predicted octanol–water partition coefficient (Wildman–Crippen LogP) is 7.19. The Balaban J connectivity index is 1.48. The van der Waals surface area contributed by atoms with E-state index in [2.05, 4.69) is 10.3 Å². The zero-order chi connectivity index (χ0) is 20.4. The highest BCUT2D eigenvalue weighted by molar-refractivity contribution is 8.00. The van der Waals surface area contributed by atoms with Crippen molar-refractivity contribution < 1.29 is 9.21 Å². The van der Waals surface area contributed by atoms with Gasteiger partial charge in [0, 0.05) is 20.6 Å². The average Bonchev–Trinajstić information content (AvgIpc) is 3.12. The number of fused-ring (bicyclic) bond motifs is 1. The molecule has 4 aromatic rings. The van der Waals surface area contributed by atoms with Gasteiger partial charge in [0.15, 0.2) is 5.58 Å². The summed E-state index contributed by atoms with van der Waals surface area (Å²) < 4.78 is 5.78. The summed E-state index contributed by atoms with van der Waals surface area (Å²) in [5.74, 6) is 0.530. The fourth-order valence-corrected chi connectivity index (χ4v) is 3.85. The maximum Gasteiger partial charge on any atom is 0.234 e. The lowest BCUT2D eigenvalue weighted by atomic mass is 10.2. The highest BCUT2D eigenvalue weighted by atomic mass is 35.5. The summed E-state index contributed by atoms with van der Waals surface area (Å²) in [6.45, 7) is 0. The monoisotopic (exact) mass is 462 g/mol. The van der Waals surface area contributed by atoms with Crippen molar-refractivity contribution in [3.8, 4) is 11.5 Å². The highest BCUT2D eigenvalue weighted by Crippen LogP contribution is 2.33. The number of aromatic nitrogens is 1. The molecule has 146 valence electrons. The molecule has 0 bridgehead atoms. The van der Waals surface area contributed by atoms with E-state index in [-0.39, 0.29) is 11.7 Å². The molecule has 0 fully saturated rings. The molecular formula is C21H13Cl3N2O2S. The van der Waals surface area contributed by atoms with Crippen LogP contribution in [-0.4, -0.2) is 16.6 Å². The zero-order valence-electron chi connectivity index (χ0n) is 14.8. The van der Waals surface area contributed by atoms with Crippen LogP contribution in [0.3, 0.4) is 0 Å². The summed E-state index contributed by atoms with van der Waals surface area (Å²) in [5.41, 5.74) is 2.44. The quantitative estimate of drug-likeness (QED) is 0.318. The van der Waals surface area contributed by atoms with Gasteiger partial charge < -0.3 is 9.73 Å². The molecule has 1 aromatic heterocycles. The van der Waals surface area contributed by atoms with Crippen molar-refractivity contribution in [2.75, 3.05) is 11.1 Å². The number of anilines is 1. The van der Waals surface area contributed by atoms with Gasteiger partial charge in [-0.05, 0) is 60.7 Å². The van der Waals surface area contributed by atoms with E-state index in [0.717, 1.165) is 4.90 Å². The second-order valence-electron chi connectivity index (χ2n) is 6.12. The largest absolute Gasteiger partial charge is 0.436 e. The molecule has 1 heterocycles. The molecule has 1 amide bonds. The van der Waals surface area contributed by atoms with Gasteiger partial charge >= 0.3 is 0 Å². The highest BCUT2D eigenvalue weighted by Gasteiger charge is 2.13. The summed E-state index contributed by atoms with van der Waals surface area (Å²) in [4.78, 5) is 17.7. The lowest BCUT2D eigenvalue weighted by molar-refractivity contribution is -0.113. The van der Waals surface area contributed by atoms with E-state index < -0.39 is 0 Å². The number of benzene rings is 3. The Kier molecular flexibility index (Phi) is 6.01. The number of nitrogens with one attached hydrogen (secondary N) is 1. The lowest BCUT2D eigenvalue weighted by Crippen LogP contribution is -2.13. The Morgan fingerprint density at radius 1 is 0.966 bits per heavy atom. The standard InChI is InChI=1S/C21H13Cl3N2O2S/c22-12-1-5-15(6-2-12)29-11-20(27)25-14-4-8-19-18(10-14)26-21(28-19)16-9-13(23)3-7-17(16)24/h1-10H,11H2,(H,25,27). The summed E-state index contributed by atoms with van der Waals surface area (Å²) >= 11 is 19.6. The molecule has 0 aliphatic heterocycles. The number of halogens is 3. The maximum absolute atomic E-state index is 12.3. The number of hydrogen-bond donors (Lipinski definition) is 1. The van der Waals surface area contributed by atoms with Crippen LogP contribution in [0, 0.1) is 0 Å². The SMILES string of the molecule is O=C(CSc1ccc(Cl)cc1)Nc1ccc2oc(-c3cc(Cl)ccc3Cl)nc2c1. The van der Waals surface area contributed by atoms with E-state index >= 15 is 0 Å². The number of oxazole rings is 1. The van der Waals surface area contributed by atoms with Crippen LogP contribution in [0.15, 0.2) is 70.0 Å². The summed E-state index contributed by atoms with van der Waals surface area (Å²) in [7, 11) is 0. The lowest BCUT2D eigenvalue weighted by Gasteiger charge is -2.05. The first-order valence-electron chi connectivity index (χ1n) is 8.52. The molecule has 3 aromatic carbocycles. The molecule has 29 heavy (non-hydrogen) atoms. The Hall–Kier alpha value is -2.18. The van der Waals surface area contributed by atoms with Crippen LogP contribution < -0.4 is 5.32 Å². The van der Waals surface area contributed by atoms with Gasteiger partial charge in [-0.2, -0.15) is 0 Å². The first kappa shape index (κ1) is 20.1. The van der Waals surface area contributed by atoms with Crippen LogP contribution in [0.5, 0.6) is 0 Å². The minimum atomic E-state index is -0.120. The number of carbonyl (C=O) groups excluding carboxylic acids is 1. The molecule has 4 rings (SSSR count). The average molecular weight is 464 g/mol. The van der Waals surface area contributed by atoms with Crippen molar-refractivity contribution in [3.05, 3.63) is 75.7 Å². The van der Waals surface area contributed by atoms with Crippen molar-refractivity contribution in [2.24, 2.45) is 0 Å². The van der Waals surface area contributed by atoms with Crippen molar-refractivity contribution >= 4 is 69.3 Å².